The van der Waals surface area contributed by atoms with Crippen molar-refractivity contribution in [3.8, 4) is 39.3 Å². The average Bonchev–Trinajstić information content (AvgIpc) is 3.92. The summed E-state index contributed by atoms with van der Waals surface area (Å²) in [6, 6.07) is 77.5. The molecule has 3 heteroatoms. The molecule has 0 spiro atoms. The van der Waals surface area contributed by atoms with Crippen LogP contribution in [0.4, 0.5) is 0 Å². The van der Waals surface area contributed by atoms with Crippen LogP contribution in [0.1, 0.15) is 0 Å². The first kappa shape index (κ1) is 31.7. The minimum absolute atomic E-state index is 1.14. The number of nitrogens with zero attached hydrogens (tertiary/aromatic N) is 3. The molecule has 0 atom stereocenters. The summed E-state index contributed by atoms with van der Waals surface area (Å²) in [6.45, 7) is 0. The standard InChI is InChI=1S/C54H35N3/c1-4-16-39(17-5-1)55-49-25-13-10-22-42(49)45-30-28-36(34-52(45)55)38-32-47(54-48(33-38)44-24-12-15-27-51(44)57(54)41-20-8-3-9-21-41)37-29-31-46-43-23-11-14-26-50(43)56(53(46)35-37)40-18-6-2-7-19-40/h1-35H. The van der Waals surface area contributed by atoms with E-state index in [0.717, 1.165) is 17.1 Å². The molecule has 0 radical (unpaired) electrons. The molecule has 3 aromatic heterocycles. The van der Waals surface area contributed by atoms with E-state index >= 15 is 0 Å². The molecule has 57 heavy (non-hydrogen) atoms. The monoisotopic (exact) mass is 725 g/mol. The van der Waals surface area contributed by atoms with Crippen molar-refractivity contribution in [3.05, 3.63) is 212 Å². The van der Waals surface area contributed by atoms with Crippen molar-refractivity contribution in [1.82, 2.24) is 13.7 Å². The van der Waals surface area contributed by atoms with Crippen molar-refractivity contribution in [1.29, 1.82) is 0 Å². The van der Waals surface area contributed by atoms with Crippen LogP contribution in [0.2, 0.25) is 0 Å². The zero-order chi connectivity index (χ0) is 37.5. The predicted octanol–water partition coefficient (Wildman–Crippen LogP) is 14.3. The highest BCUT2D eigenvalue weighted by Gasteiger charge is 2.21. The molecule has 0 saturated carbocycles. The predicted molar refractivity (Wildman–Crippen MR) is 240 cm³/mol. The molecule has 3 nitrogen and oxygen atoms in total. The molecule has 12 aromatic rings. The highest BCUT2D eigenvalue weighted by Crippen LogP contribution is 2.44. The van der Waals surface area contributed by atoms with Gasteiger partial charge in [0.15, 0.2) is 0 Å². The van der Waals surface area contributed by atoms with Gasteiger partial charge in [-0.3, -0.25) is 0 Å². The van der Waals surface area contributed by atoms with E-state index in [1.54, 1.807) is 0 Å². The van der Waals surface area contributed by atoms with E-state index in [9.17, 15) is 0 Å². The van der Waals surface area contributed by atoms with E-state index in [0.29, 0.717) is 0 Å². The van der Waals surface area contributed by atoms with E-state index in [2.05, 4.69) is 226 Å². The van der Waals surface area contributed by atoms with Crippen LogP contribution in [0.5, 0.6) is 0 Å². The highest BCUT2D eigenvalue weighted by atomic mass is 15.0. The van der Waals surface area contributed by atoms with Crippen molar-refractivity contribution in [3.63, 3.8) is 0 Å². The van der Waals surface area contributed by atoms with E-state index in [1.807, 2.05) is 0 Å². The van der Waals surface area contributed by atoms with Gasteiger partial charge in [-0.1, -0.05) is 133 Å². The number of rotatable bonds is 5. The number of fused-ring (bicyclic) bond motifs is 9. The fourth-order valence-corrected chi connectivity index (χ4v) is 9.33. The maximum Gasteiger partial charge on any atom is 0.0619 e. The minimum atomic E-state index is 1.14. The first-order valence-corrected chi connectivity index (χ1v) is 19.6. The molecule has 12 rings (SSSR count). The Morgan fingerprint density at radius 3 is 1.14 bits per heavy atom. The van der Waals surface area contributed by atoms with Crippen LogP contribution in [0.25, 0.3) is 105 Å². The molecule has 0 bridgehead atoms. The van der Waals surface area contributed by atoms with Crippen molar-refractivity contribution in [2.24, 2.45) is 0 Å². The number of aromatic nitrogens is 3. The number of para-hydroxylation sites is 6. The summed E-state index contributed by atoms with van der Waals surface area (Å²) in [4.78, 5) is 0. The average molecular weight is 726 g/mol. The third-order valence-electron chi connectivity index (χ3n) is 11.8. The summed E-state index contributed by atoms with van der Waals surface area (Å²) in [6.07, 6.45) is 0. The summed E-state index contributed by atoms with van der Waals surface area (Å²) >= 11 is 0. The van der Waals surface area contributed by atoms with Crippen molar-refractivity contribution >= 4 is 65.4 Å². The zero-order valence-electron chi connectivity index (χ0n) is 31.0. The summed E-state index contributed by atoms with van der Waals surface area (Å²) < 4.78 is 7.28. The first-order valence-electron chi connectivity index (χ1n) is 19.6. The van der Waals surface area contributed by atoms with Gasteiger partial charge < -0.3 is 13.7 Å². The minimum Gasteiger partial charge on any atom is -0.309 e. The molecule has 0 aliphatic carbocycles. The quantitative estimate of drug-likeness (QED) is 0.168. The van der Waals surface area contributed by atoms with Crippen LogP contribution < -0.4 is 0 Å². The zero-order valence-corrected chi connectivity index (χ0v) is 31.0. The first-order chi connectivity index (χ1) is 28.3. The lowest BCUT2D eigenvalue weighted by Gasteiger charge is -2.15. The Morgan fingerprint density at radius 2 is 0.614 bits per heavy atom. The van der Waals surface area contributed by atoms with Gasteiger partial charge in [-0.05, 0) is 95.6 Å². The summed E-state index contributed by atoms with van der Waals surface area (Å²) in [5, 5.41) is 7.47. The van der Waals surface area contributed by atoms with Crippen molar-refractivity contribution in [2.45, 2.75) is 0 Å². The molecule has 0 unspecified atom stereocenters. The molecule has 0 amide bonds. The SMILES string of the molecule is c1ccc(-n2c3ccccc3c3ccc(-c4cc(-c5ccc6c7ccccc7n(-c7ccccc7)c6c5)c5c(c4)c4ccccc4n5-c4ccccc4)cc32)cc1. The lowest BCUT2D eigenvalue weighted by molar-refractivity contribution is 1.18. The molecular weight excluding hydrogens is 691 g/mol. The van der Waals surface area contributed by atoms with Gasteiger partial charge in [-0.25, -0.2) is 0 Å². The maximum absolute atomic E-state index is 2.46. The van der Waals surface area contributed by atoms with E-state index in [-0.39, 0.29) is 0 Å². The normalized spacial score (nSPS) is 11.9. The Kier molecular flexibility index (Phi) is 6.93. The molecule has 0 saturated heterocycles. The molecule has 0 aliphatic rings. The van der Waals surface area contributed by atoms with Gasteiger partial charge in [0.2, 0.25) is 0 Å². The van der Waals surface area contributed by atoms with E-state index in [1.165, 1.54) is 87.7 Å². The second-order valence-corrected chi connectivity index (χ2v) is 14.9. The van der Waals surface area contributed by atoms with Gasteiger partial charge in [0.25, 0.3) is 0 Å². The van der Waals surface area contributed by atoms with Gasteiger partial charge in [-0.2, -0.15) is 0 Å². The van der Waals surface area contributed by atoms with E-state index < -0.39 is 0 Å². The summed E-state index contributed by atoms with van der Waals surface area (Å²) in [5.41, 5.74) is 15.4. The molecule has 0 N–H and O–H groups in total. The Balaban J connectivity index is 1.19. The Morgan fingerprint density at radius 1 is 0.228 bits per heavy atom. The van der Waals surface area contributed by atoms with Gasteiger partial charge in [0.05, 0.1) is 33.1 Å². The fraction of sp³-hybridized carbons (Fsp3) is 0. The molecule has 3 heterocycles. The molecular formula is C54H35N3. The van der Waals surface area contributed by atoms with Gasteiger partial charge in [0, 0.05) is 54.9 Å². The molecule has 0 aliphatic heterocycles. The number of benzene rings is 9. The van der Waals surface area contributed by atoms with Crippen molar-refractivity contribution < 1.29 is 0 Å². The van der Waals surface area contributed by atoms with Gasteiger partial charge >= 0.3 is 0 Å². The Hall–Kier alpha value is -7.62. The van der Waals surface area contributed by atoms with Crippen LogP contribution in [-0.2, 0) is 0 Å². The third-order valence-corrected chi connectivity index (χ3v) is 11.8. The lowest BCUT2D eigenvalue weighted by Crippen LogP contribution is -1.96. The van der Waals surface area contributed by atoms with E-state index in [4.69, 9.17) is 0 Å². The Labute approximate surface area is 329 Å². The molecule has 266 valence electrons. The number of hydrogen-bond acceptors (Lipinski definition) is 0. The van der Waals surface area contributed by atoms with Crippen LogP contribution in [0.15, 0.2) is 212 Å². The molecule has 9 aromatic carbocycles. The smallest absolute Gasteiger partial charge is 0.0619 e. The fourth-order valence-electron chi connectivity index (χ4n) is 9.33. The summed E-state index contributed by atoms with van der Waals surface area (Å²) in [7, 11) is 0. The maximum atomic E-state index is 2.46. The second kappa shape index (κ2) is 12.5. The second-order valence-electron chi connectivity index (χ2n) is 14.9. The number of hydrogen-bond donors (Lipinski definition) is 0. The largest absolute Gasteiger partial charge is 0.309 e. The van der Waals surface area contributed by atoms with Crippen LogP contribution in [0.3, 0.4) is 0 Å². The van der Waals surface area contributed by atoms with Crippen LogP contribution in [0, 0.1) is 0 Å². The lowest BCUT2D eigenvalue weighted by atomic mass is 9.94. The van der Waals surface area contributed by atoms with Crippen LogP contribution in [-0.4, -0.2) is 13.7 Å². The van der Waals surface area contributed by atoms with Gasteiger partial charge in [0.1, 0.15) is 0 Å². The van der Waals surface area contributed by atoms with Crippen molar-refractivity contribution in [2.75, 3.05) is 0 Å². The topological polar surface area (TPSA) is 14.8 Å². The summed E-state index contributed by atoms with van der Waals surface area (Å²) in [5.74, 6) is 0. The highest BCUT2D eigenvalue weighted by molar-refractivity contribution is 6.17. The van der Waals surface area contributed by atoms with Crippen LogP contribution >= 0.6 is 0 Å². The molecule has 0 fully saturated rings. The Bertz CT molecular complexity index is 3500. The van der Waals surface area contributed by atoms with Gasteiger partial charge in [-0.15, -0.1) is 0 Å². The third kappa shape index (κ3) is 4.79.